The number of aryl methyl sites for hydroxylation is 1. The van der Waals surface area contributed by atoms with Gasteiger partial charge in [-0.3, -0.25) is 0 Å². The van der Waals surface area contributed by atoms with Crippen LogP contribution in [0.5, 0.6) is 0 Å². The molecule has 6 nitrogen and oxygen atoms in total. The van der Waals surface area contributed by atoms with E-state index in [9.17, 15) is 9.90 Å². The van der Waals surface area contributed by atoms with E-state index < -0.39 is 5.97 Å². The maximum absolute atomic E-state index is 11.4. The van der Waals surface area contributed by atoms with Crippen molar-refractivity contribution in [3.8, 4) is 0 Å². The molecule has 0 amide bonds. The fourth-order valence-electron chi connectivity index (χ4n) is 2.22. The quantitative estimate of drug-likeness (QED) is 0.769. The highest BCUT2D eigenvalue weighted by molar-refractivity contribution is 6.04. The number of pyridine rings is 1. The van der Waals surface area contributed by atoms with E-state index in [2.05, 4.69) is 15.4 Å². The van der Waals surface area contributed by atoms with Crippen molar-refractivity contribution in [3.63, 3.8) is 0 Å². The SMILES string of the molecule is CCn1ncc2c(Nc3ccccc3)c(C(=O)O)cnc21. The second-order valence-corrected chi connectivity index (χ2v) is 4.54. The number of rotatable bonds is 4. The van der Waals surface area contributed by atoms with Gasteiger partial charge in [0.15, 0.2) is 5.65 Å². The molecular weight excluding hydrogens is 268 g/mol. The molecular formula is C15H14N4O2. The van der Waals surface area contributed by atoms with Crippen LogP contribution in [0.1, 0.15) is 17.3 Å². The third kappa shape index (κ3) is 2.31. The molecule has 0 fully saturated rings. The number of nitrogens with zero attached hydrogens (tertiary/aromatic N) is 3. The lowest BCUT2D eigenvalue weighted by Crippen LogP contribution is -2.05. The highest BCUT2D eigenvalue weighted by atomic mass is 16.4. The van der Waals surface area contributed by atoms with Crippen molar-refractivity contribution in [2.24, 2.45) is 0 Å². The number of aromatic nitrogens is 3. The van der Waals surface area contributed by atoms with Crippen molar-refractivity contribution < 1.29 is 9.90 Å². The van der Waals surface area contributed by atoms with Gasteiger partial charge in [0.25, 0.3) is 0 Å². The van der Waals surface area contributed by atoms with Gasteiger partial charge in [0.05, 0.1) is 17.3 Å². The third-order valence-corrected chi connectivity index (χ3v) is 3.24. The Hall–Kier alpha value is -2.89. The second-order valence-electron chi connectivity index (χ2n) is 4.54. The Morgan fingerprint density at radius 2 is 2.05 bits per heavy atom. The van der Waals surface area contributed by atoms with Crippen molar-refractivity contribution in [2.75, 3.05) is 5.32 Å². The Balaban J connectivity index is 2.19. The predicted octanol–water partition coefficient (Wildman–Crippen LogP) is 2.89. The molecule has 3 rings (SSSR count). The lowest BCUT2D eigenvalue weighted by atomic mass is 10.1. The number of hydrogen-bond donors (Lipinski definition) is 2. The summed E-state index contributed by atoms with van der Waals surface area (Å²) in [7, 11) is 0. The number of anilines is 2. The standard InChI is InChI=1S/C15H14N4O2/c1-2-19-14-11(9-17-19)13(12(8-16-14)15(20)21)18-10-6-4-3-5-7-10/h3-9H,2H2,1H3,(H,16,18)(H,20,21). The van der Waals surface area contributed by atoms with Crippen LogP contribution < -0.4 is 5.32 Å². The molecule has 0 aliphatic rings. The highest BCUT2D eigenvalue weighted by Gasteiger charge is 2.17. The maximum atomic E-state index is 11.4. The van der Waals surface area contributed by atoms with Crippen molar-refractivity contribution >= 4 is 28.4 Å². The summed E-state index contributed by atoms with van der Waals surface area (Å²) in [5, 5.41) is 17.5. The Morgan fingerprint density at radius 1 is 1.29 bits per heavy atom. The average Bonchev–Trinajstić information content (AvgIpc) is 2.92. The molecule has 0 atom stereocenters. The summed E-state index contributed by atoms with van der Waals surface area (Å²) in [5.74, 6) is -1.02. The van der Waals surface area contributed by atoms with E-state index in [1.54, 1.807) is 10.9 Å². The normalized spacial score (nSPS) is 10.7. The third-order valence-electron chi connectivity index (χ3n) is 3.24. The Bertz CT molecular complexity index is 796. The smallest absolute Gasteiger partial charge is 0.339 e. The zero-order valence-corrected chi connectivity index (χ0v) is 11.4. The molecule has 0 aliphatic heterocycles. The Labute approximate surface area is 121 Å². The van der Waals surface area contributed by atoms with Crippen LogP contribution in [-0.4, -0.2) is 25.8 Å². The lowest BCUT2D eigenvalue weighted by molar-refractivity contribution is 0.0697. The number of aromatic carboxylic acids is 1. The molecule has 0 aliphatic carbocycles. The monoisotopic (exact) mass is 282 g/mol. The first kappa shape index (κ1) is 13.1. The van der Waals surface area contributed by atoms with Crippen LogP contribution in [0.3, 0.4) is 0 Å². The average molecular weight is 282 g/mol. The molecule has 3 aromatic rings. The number of fused-ring (bicyclic) bond motifs is 1. The Kier molecular flexibility index (Phi) is 3.27. The topological polar surface area (TPSA) is 80.0 Å². The van der Waals surface area contributed by atoms with E-state index in [0.29, 0.717) is 23.3 Å². The Morgan fingerprint density at radius 3 is 2.71 bits per heavy atom. The number of para-hydroxylation sites is 1. The molecule has 0 bridgehead atoms. The van der Waals surface area contributed by atoms with Gasteiger partial charge in [0.2, 0.25) is 0 Å². The van der Waals surface area contributed by atoms with E-state index in [4.69, 9.17) is 0 Å². The summed E-state index contributed by atoms with van der Waals surface area (Å²) < 4.78 is 1.73. The fourth-order valence-corrected chi connectivity index (χ4v) is 2.22. The molecule has 6 heteroatoms. The van der Waals surface area contributed by atoms with Crippen LogP contribution in [0.25, 0.3) is 11.0 Å². The molecule has 1 aromatic carbocycles. The number of hydrogen-bond acceptors (Lipinski definition) is 4. The van der Waals surface area contributed by atoms with Gasteiger partial charge < -0.3 is 10.4 Å². The molecule has 0 spiro atoms. The molecule has 0 saturated heterocycles. The molecule has 0 radical (unpaired) electrons. The largest absolute Gasteiger partial charge is 0.478 e. The van der Waals surface area contributed by atoms with Crippen LogP contribution in [-0.2, 0) is 6.54 Å². The first-order valence-corrected chi connectivity index (χ1v) is 6.60. The lowest BCUT2D eigenvalue weighted by Gasteiger charge is -2.10. The highest BCUT2D eigenvalue weighted by Crippen LogP contribution is 2.29. The molecule has 2 N–H and O–H groups in total. The number of benzene rings is 1. The van der Waals surface area contributed by atoms with Gasteiger partial charge in [-0.1, -0.05) is 18.2 Å². The van der Waals surface area contributed by atoms with E-state index in [0.717, 1.165) is 5.69 Å². The van der Waals surface area contributed by atoms with Gasteiger partial charge in [0, 0.05) is 18.4 Å². The van der Waals surface area contributed by atoms with Gasteiger partial charge in [-0.25, -0.2) is 14.5 Å². The van der Waals surface area contributed by atoms with Crippen molar-refractivity contribution in [2.45, 2.75) is 13.5 Å². The number of carboxylic acids is 1. The summed E-state index contributed by atoms with van der Waals surface area (Å²) in [5.41, 5.74) is 2.12. The van der Waals surface area contributed by atoms with Gasteiger partial charge in [0.1, 0.15) is 5.56 Å². The van der Waals surface area contributed by atoms with Crippen molar-refractivity contribution in [1.82, 2.24) is 14.8 Å². The first-order chi connectivity index (χ1) is 10.2. The van der Waals surface area contributed by atoms with Crippen LogP contribution in [0.15, 0.2) is 42.7 Å². The molecule has 2 aromatic heterocycles. The summed E-state index contributed by atoms with van der Waals surface area (Å²) in [6.45, 7) is 2.64. The summed E-state index contributed by atoms with van der Waals surface area (Å²) in [6.07, 6.45) is 3.01. The van der Waals surface area contributed by atoms with Crippen LogP contribution in [0.2, 0.25) is 0 Å². The summed E-state index contributed by atoms with van der Waals surface area (Å²) in [6, 6.07) is 9.43. The van der Waals surface area contributed by atoms with Gasteiger partial charge in [-0.2, -0.15) is 5.10 Å². The number of carbonyl (C=O) groups is 1. The molecule has 0 saturated carbocycles. The minimum atomic E-state index is -1.02. The van der Waals surface area contributed by atoms with Crippen LogP contribution in [0.4, 0.5) is 11.4 Å². The van der Waals surface area contributed by atoms with E-state index in [1.165, 1.54) is 6.20 Å². The van der Waals surface area contributed by atoms with Crippen molar-refractivity contribution in [1.29, 1.82) is 0 Å². The maximum Gasteiger partial charge on any atom is 0.339 e. The van der Waals surface area contributed by atoms with E-state index in [1.807, 2.05) is 37.3 Å². The summed E-state index contributed by atoms with van der Waals surface area (Å²) in [4.78, 5) is 15.6. The molecule has 21 heavy (non-hydrogen) atoms. The first-order valence-electron chi connectivity index (χ1n) is 6.60. The fraction of sp³-hybridized carbons (Fsp3) is 0.133. The zero-order chi connectivity index (χ0) is 14.8. The number of carboxylic acid groups (broad SMARTS) is 1. The van der Waals surface area contributed by atoms with Crippen LogP contribution >= 0.6 is 0 Å². The minimum absolute atomic E-state index is 0.127. The number of nitrogens with one attached hydrogen (secondary N) is 1. The minimum Gasteiger partial charge on any atom is -0.478 e. The van der Waals surface area contributed by atoms with Gasteiger partial charge in [-0.15, -0.1) is 0 Å². The van der Waals surface area contributed by atoms with Crippen molar-refractivity contribution in [3.05, 3.63) is 48.3 Å². The van der Waals surface area contributed by atoms with E-state index in [-0.39, 0.29) is 5.56 Å². The van der Waals surface area contributed by atoms with Gasteiger partial charge in [-0.05, 0) is 19.1 Å². The predicted molar refractivity (Wildman–Crippen MR) is 79.9 cm³/mol. The molecule has 0 unspecified atom stereocenters. The van der Waals surface area contributed by atoms with E-state index >= 15 is 0 Å². The summed E-state index contributed by atoms with van der Waals surface area (Å²) >= 11 is 0. The molecule has 106 valence electrons. The second kappa shape index (κ2) is 5.24. The van der Waals surface area contributed by atoms with Crippen LogP contribution in [0, 0.1) is 0 Å². The van der Waals surface area contributed by atoms with Gasteiger partial charge >= 0.3 is 5.97 Å². The molecule has 2 heterocycles. The zero-order valence-electron chi connectivity index (χ0n) is 11.4.